The molecule has 0 saturated carbocycles. The lowest BCUT2D eigenvalue weighted by Crippen LogP contribution is -2.25. The van der Waals surface area contributed by atoms with Gasteiger partial charge in [-0.25, -0.2) is 0 Å². The van der Waals surface area contributed by atoms with Gasteiger partial charge in [-0.3, -0.25) is 4.79 Å². The second-order valence-electron chi connectivity index (χ2n) is 6.51. The first-order valence-electron chi connectivity index (χ1n) is 8.87. The lowest BCUT2D eigenvalue weighted by molar-refractivity contribution is -0.604. The van der Waals surface area contributed by atoms with Gasteiger partial charge in [-0.15, -0.1) is 13.2 Å². The lowest BCUT2D eigenvalue weighted by Gasteiger charge is -2.17. The monoisotopic (exact) mass is 452 g/mol. The second kappa shape index (κ2) is 8.73. The highest BCUT2D eigenvalue weighted by atomic mass is 35.5. The molecule has 1 aromatic heterocycles. The van der Waals surface area contributed by atoms with Crippen LogP contribution in [0.15, 0.2) is 54.9 Å². The second-order valence-corrected chi connectivity index (χ2v) is 6.92. The zero-order valence-corrected chi connectivity index (χ0v) is 17.0. The van der Waals surface area contributed by atoms with Crippen LogP contribution in [-0.2, 0) is 0 Å². The summed E-state index contributed by atoms with van der Waals surface area (Å²) in [7, 11) is 0. The summed E-state index contributed by atoms with van der Waals surface area (Å²) < 4.78 is 47.1. The molecule has 0 aliphatic heterocycles. The highest BCUT2D eigenvalue weighted by molar-refractivity contribution is 6.32. The topological polar surface area (TPSA) is 74.5 Å². The number of anilines is 1. The molecule has 0 bridgehead atoms. The number of hydrogen-bond acceptors (Lipinski definition) is 4. The summed E-state index contributed by atoms with van der Waals surface area (Å²) in [5.74, 6) is -0.692. The number of aromatic nitrogens is 1. The van der Waals surface area contributed by atoms with Gasteiger partial charge < -0.3 is 20.0 Å². The standard InChI is InChI=1S/C21H16ClF3N2O4/c1-12-13(2)19(20(28)26-14-4-3-9-27(29)11-14)18(10-17(12)22)30-15-5-7-16(8-6-15)31-21(23,24)25/h3-11H,1-2H3,(H,26,28). The van der Waals surface area contributed by atoms with Crippen molar-refractivity contribution in [2.24, 2.45) is 0 Å². The van der Waals surface area contributed by atoms with E-state index in [9.17, 15) is 23.2 Å². The van der Waals surface area contributed by atoms with Crippen LogP contribution < -0.4 is 19.5 Å². The number of carbonyl (C=O) groups excluding carboxylic acids is 1. The zero-order chi connectivity index (χ0) is 22.8. The molecule has 0 saturated heterocycles. The average molecular weight is 453 g/mol. The molecule has 6 nitrogen and oxygen atoms in total. The number of benzene rings is 2. The van der Waals surface area contributed by atoms with Gasteiger partial charge in [0.15, 0.2) is 6.20 Å². The Morgan fingerprint density at radius 3 is 2.35 bits per heavy atom. The third kappa shape index (κ3) is 5.58. The molecule has 2 aromatic carbocycles. The highest BCUT2D eigenvalue weighted by Crippen LogP contribution is 2.35. The number of alkyl halides is 3. The Morgan fingerprint density at radius 1 is 1.10 bits per heavy atom. The van der Waals surface area contributed by atoms with Crippen molar-refractivity contribution >= 4 is 23.2 Å². The number of halogens is 4. The van der Waals surface area contributed by atoms with Gasteiger partial charge in [-0.05, 0) is 55.3 Å². The van der Waals surface area contributed by atoms with Crippen molar-refractivity contribution in [3.63, 3.8) is 0 Å². The van der Waals surface area contributed by atoms with Crippen molar-refractivity contribution in [1.82, 2.24) is 0 Å². The number of hydrogen-bond donors (Lipinski definition) is 1. The maximum atomic E-state index is 12.9. The van der Waals surface area contributed by atoms with Gasteiger partial charge in [-0.1, -0.05) is 11.6 Å². The first-order valence-corrected chi connectivity index (χ1v) is 9.25. The van der Waals surface area contributed by atoms with Gasteiger partial charge in [0.1, 0.15) is 22.9 Å². The number of nitrogens with one attached hydrogen (secondary N) is 1. The minimum absolute atomic E-state index is 0.0982. The molecular weight excluding hydrogens is 437 g/mol. The fraction of sp³-hybridized carbons (Fsp3) is 0.143. The van der Waals surface area contributed by atoms with E-state index in [-0.39, 0.29) is 22.7 Å². The molecule has 31 heavy (non-hydrogen) atoms. The van der Waals surface area contributed by atoms with Gasteiger partial charge in [-0.2, -0.15) is 4.73 Å². The van der Waals surface area contributed by atoms with E-state index in [1.54, 1.807) is 19.9 Å². The van der Waals surface area contributed by atoms with Gasteiger partial charge in [0.2, 0.25) is 6.20 Å². The van der Waals surface area contributed by atoms with E-state index < -0.39 is 18.0 Å². The number of nitrogens with zero attached hydrogens (tertiary/aromatic N) is 1. The van der Waals surface area contributed by atoms with Gasteiger partial charge in [0, 0.05) is 17.2 Å². The molecule has 3 aromatic rings. The molecule has 1 amide bonds. The Balaban J connectivity index is 1.92. The summed E-state index contributed by atoms with van der Waals surface area (Å²) in [5.41, 5.74) is 1.64. The third-order valence-electron chi connectivity index (χ3n) is 4.35. The predicted molar refractivity (Wildman–Crippen MR) is 107 cm³/mol. The fourth-order valence-corrected chi connectivity index (χ4v) is 3.01. The first-order chi connectivity index (χ1) is 14.5. The molecule has 0 aliphatic carbocycles. The SMILES string of the molecule is Cc1c(Cl)cc(Oc2ccc(OC(F)(F)F)cc2)c(C(=O)Nc2ccc[n+]([O-])c2)c1C. The Kier molecular flexibility index (Phi) is 6.26. The van der Waals surface area contributed by atoms with Crippen LogP contribution in [0.5, 0.6) is 17.2 Å². The lowest BCUT2D eigenvalue weighted by atomic mass is 10.0. The average Bonchev–Trinajstić information content (AvgIpc) is 2.66. The Labute approximate surface area is 180 Å². The summed E-state index contributed by atoms with van der Waals surface area (Å²) in [6.07, 6.45) is -2.35. The first kappa shape index (κ1) is 22.2. The quantitative estimate of drug-likeness (QED) is 0.408. The molecule has 0 fully saturated rings. The molecular formula is C21H16ClF3N2O4. The Morgan fingerprint density at radius 2 is 1.74 bits per heavy atom. The van der Waals surface area contributed by atoms with E-state index >= 15 is 0 Å². The molecule has 0 atom stereocenters. The van der Waals surface area contributed by atoms with Crippen LogP contribution in [0.3, 0.4) is 0 Å². The Bertz CT molecular complexity index is 1120. The van der Waals surface area contributed by atoms with Crippen LogP contribution in [0.25, 0.3) is 0 Å². The normalized spacial score (nSPS) is 11.2. The molecule has 1 N–H and O–H groups in total. The van der Waals surface area contributed by atoms with Crippen molar-refractivity contribution in [2.45, 2.75) is 20.2 Å². The summed E-state index contributed by atoms with van der Waals surface area (Å²) in [4.78, 5) is 12.9. The van der Waals surface area contributed by atoms with Gasteiger partial charge in [0.25, 0.3) is 5.91 Å². The van der Waals surface area contributed by atoms with Gasteiger partial charge >= 0.3 is 6.36 Å². The third-order valence-corrected chi connectivity index (χ3v) is 4.74. The van der Waals surface area contributed by atoms with Crippen molar-refractivity contribution in [1.29, 1.82) is 0 Å². The van der Waals surface area contributed by atoms with Crippen LogP contribution in [0.2, 0.25) is 5.02 Å². The van der Waals surface area contributed by atoms with E-state index in [0.717, 1.165) is 12.1 Å². The maximum absolute atomic E-state index is 12.9. The van der Waals surface area contributed by atoms with Gasteiger partial charge in [0.05, 0.1) is 5.56 Å². The molecule has 0 spiro atoms. The predicted octanol–water partition coefficient (Wildman–Crippen LogP) is 5.53. The maximum Gasteiger partial charge on any atom is 0.573 e. The Hall–Kier alpha value is -3.46. The van der Waals surface area contributed by atoms with Crippen LogP contribution in [-0.4, -0.2) is 12.3 Å². The molecule has 1 heterocycles. The van der Waals surface area contributed by atoms with Crippen molar-refractivity contribution in [3.05, 3.63) is 81.8 Å². The van der Waals surface area contributed by atoms with E-state index in [1.165, 1.54) is 36.7 Å². The number of amides is 1. The molecule has 162 valence electrons. The molecule has 0 radical (unpaired) electrons. The highest BCUT2D eigenvalue weighted by Gasteiger charge is 2.31. The number of rotatable bonds is 5. The van der Waals surface area contributed by atoms with Crippen molar-refractivity contribution in [3.8, 4) is 17.2 Å². The van der Waals surface area contributed by atoms with E-state index in [2.05, 4.69) is 10.1 Å². The minimum atomic E-state index is -4.81. The minimum Gasteiger partial charge on any atom is -0.619 e. The smallest absolute Gasteiger partial charge is 0.573 e. The number of carbonyl (C=O) groups is 1. The number of pyridine rings is 1. The van der Waals surface area contributed by atoms with E-state index in [0.29, 0.717) is 20.9 Å². The summed E-state index contributed by atoms with van der Waals surface area (Å²) in [6, 6.07) is 9.17. The molecule has 0 unspecified atom stereocenters. The van der Waals surface area contributed by atoms with Crippen LogP contribution >= 0.6 is 11.6 Å². The molecule has 3 rings (SSSR count). The van der Waals surface area contributed by atoms with Crippen LogP contribution in [0, 0.1) is 19.1 Å². The van der Waals surface area contributed by atoms with Crippen molar-refractivity contribution < 1.29 is 32.2 Å². The molecule has 0 aliphatic rings. The fourth-order valence-electron chi connectivity index (χ4n) is 2.77. The zero-order valence-electron chi connectivity index (χ0n) is 16.3. The summed E-state index contributed by atoms with van der Waals surface area (Å²) in [5, 5.41) is 14.4. The molecule has 10 heteroatoms. The summed E-state index contributed by atoms with van der Waals surface area (Å²) in [6.45, 7) is 3.41. The van der Waals surface area contributed by atoms with Crippen LogP contribution in [0.1, 0.15) is 21.5 Å². The largest absolute Gasteiger partial charge is 0.619 e. The number of ether oxygens (including phenoxy) is 2. The van der Waals surface area contributed by atoms with E-state index in [1.807, 2.05) is 0 Å². The van der Waals surface area contributed by atoms with E-state index in [4.69, 9.17) is 16.3 Å². The summed E-state index contributed by atoms with van der Waals surface area (Å²) >= 11 is 6.24. The van der Waals surface area contributed by atoms with Crippen LogP contribution in [0.4, 0.5) is 18.9 Å². The van der Waals surface area contributed by atoms with Crippen molar-refractivity contribution in [2.75, 3.05) is 5.32 Å².